The van der Waals surface area contributed by atoms with Gasteiger partial charge in [0.15, 0.2) is 0 Å². The van der Waals surface area contributed by atoms with Crippen LogP contribution < -0.4 is 29.6 Å². The Morgan fingerprint density at radius 3 is 2.45 bits per heavy atom. The average molecular weight is 442 g/mol. The van der Waals surface area contributed by atoms with E-state index in [1.54, 1.807) is 9.48 Å². The molecule has 1 heterocycles. The Morgan fingerprint density at radius 2 is 1.86 bits per heavy atom. The topological polar surface area (TPSA) is 121 Å². The predicted molar refractivity (Wildman–Crippen MR) is 106 cm³/mol. The minimum Gasteiger partial charge on any atom is -0.748 e. The van der Waals surface area contributed by atoms with Crippen LogP contribution in [-0.2, 0) is 14.9 Å². The van der Waals surface area contributed by atoms with Crippen LogP contribution in [0, 0.1) is 0 Å². The number of β-amino-alcohol motifs (C(OH)–C–C–N with tert-alkyl or cyclic N) is 2. The number of carbonyl (C=O) groups is 1. The van der Waals surface area contributed by atoms with Crippen LogP contribution in [-0.4, -0.2) is 88.9 Å². The van der Waals surface area contributed by atoms with Gasteiger partial charge in [0.1, 0.15) is 32.3 Å². The molecule has 0 aliphatic carbocycles. The van der Waals surface area contributed by atoms with Gasteiger partial charge in [0.2, 0.25) is 5.78 Å². The Labute approximate surface area is 196 Å². The second-order valence-electron chi connectivity index (χ2n) is 7.23. The Kier molecular flexibility index (Phi) is 15.3. The number of unbranched alkanes of at least 4 members (excludes halogenated alkanes) is 6. The van der Waals surface area contributed by atoms with Crippen LogP contribution in [0.15, 0.2) is 12.7 Å². The van der Waals surface area contributed by atoms with E-state index in [9.17, 15) is 28.0 Å². The largest absolute Gasteiger partial charge is 1.00 e. The summed E-state index contributed by atoms with van der Waals surface area (Å²) < 4.78 is 34.1. The van der Waals surface area contributed by atoms with Gasteiger partial charge < -0.3 is 14.8 Å². The molecular weight excluding hydrogens is 407 g/mol. The molecule has 162 valence electrons. The SMILES string of the molecule is C=CCCCCCCCCC(=O)C1=[N+](CC(O)CS(=O)(=O)[O-])CCN1CCO.[Na+]. The number of nitrogens with zero attached hydrogens (tertiary/aromatic N) is 2. The first kappa shape index (κ1) is 28.7. The van der Waals surface area contributed by atoms with Crippen molar-refractivity contribution < 1.29 is 62.1 Å². The molecule has 1 rings (SSSR count). The number of Topliss-reactive ketones (excluding diaryl/α,β-unsaturated/α-hetero) is 1. The number of allylic oxidation sites excluding steroid dienone is 1. The fraction of sp³-hybridized carbons (Fsp3) is 0.789. The van der Waals surface area contributed by atoms with Gasteiger partial charge >= 0.3 is 35.4 Å². The van der Waals surface area contributed by atoms with Crippen molar-refractivity contribution in [3.05, 3.63) is 12.7 Å². The van der Waals surface area contributed by atoms with Gasteiger partial charge in [0.05, 0.1) is 22.5 Å². The van der Waals surface area contributed by atoms with Crippen LogP contribution in [0.2, 0.25) is 0 Å². The second kappa shape index (κ2) is 15.5. The summed E-state index contributed by atoms with van der Waals surface area (Å²) in [6.07, 6.45) is 8.22. The van der Waals surface area contributed by atoms with Crippen LogP contribution in [0.4, 0.5) is 0 Å². The van der Waals surface area contributed by atoms with Crippen LogP contribution in [0.3, 0.4) is 0 Å². The summed E-state index contributed by atoms with van der Waals surface area (Å²) in [5.41, 5.74) is 0. The molecule has 1 atom stereocenters. The van der Waals surface area contributed by atoms with E-state index >= 15 is 0 Å². The smallest absolute Gasteiger partial charge is 0.748 e. The normalized spacial score (nSPS) is 15.3. The van der Waals surface area contributed by atoms with Gasteiger partial charge in [-0.25, -0.2) is 8.42 Å². The predicted octanol–water partition coefficient (Wildman–Crippen LogP) is -2.51. The number of rotatable bonds is 16. The summed E-state index contributed by atoms with van der Waals surface area (Å²) in [4.78, 5) is 14.5. The van der Waals surface area contributed by atoms with Gasteiger partial charge in [0.25, 0.3) is 0 Å². The molecule has 29 heavy (non-hydrogen) atoms. The van der Waals surface area contributed by atoms with Crippen molar-refractivity contribution in [2.75, 3.05) is 38.5 Å². The molecular formula is C19H34N2NaO6S+. The third-order valence-electron chi connectivity index (χ3n) is 4.75. The van der Waals surface area contributed by atoms with Crippen LogP contribution in [0.25, 0.3) is 0 Å². The third-order valence-corrected chi connectivity index (χ3v) is 5.54. The average Bonchev–Trinajstić information content (AvgIpc) is 2.98. The first-order chi connectivity index (χ1) is 13.3. The summed E-state index contributed by atoms with van der Waals surface area (Å²) in [5.74, 6) is -0.547. The van der Waals surface area contributed by atoms with E-state index in [-0.39, 0.29) is 48.5 Å². The summed E-state index contributed by atoms with van der Waals surface area (Å²) in [6, 6.07) is 0. The Hall–Kier alpha value is -0.290. The first-order valence-corrected chi connectivity index (χ1v) is 11.6. The van der Waals surface area contributed by atoms with Crippen molar-refractivity contribution in [2.24, 2.45) is 0 Å². The zero-order valence-electron chi connectivity index (χ0n) is 17.6. The maximum absolute atomic E-state index is 12.7. The van der Waals surface area contributed by atoms with Gasteiger partial charge in [-0.15, -0.1) is 6.58 Å². The van der Waals surface area contributed by atoms with Crippen molar-refractivity contribution in [3.63, 3.8) is 0 Å². The quantitative estimate of drug-likeness (QED) is 0.0892. The molecule has 0 spiro atoms. The zero-order valence-corrected chi connectivity index (χ0v) is 20.4. The van der Waals surface area contributed by atoms with Gasteiger partial charge in [-0.1, -0.05) is 31.8 Å². The summed E-state index contributed by atoms with van der Waals surface area (Å²) >= 11 is 0. The van der Waals surface area contributed by atoms with Crippen molar-refractivity contribution in [1.82, 2.24) is 4.90 Å². The second-order valence-corrected chi connectivity index (χ2v) is 8.68. The molecule has 1 aliphatic heterocycles. The number of amidine groups is 1. The van der Waals surface area contributed by atoms with Crippen molar-refractivity contribution in [2.45, 2.75) is 57.5 Å². The molecule has 8 nitrogen and oxygen atoms in total. The minimum absolute atomic E-state index is 0. The summed E-state index contributed by atoms with van der Waals surface area (Å²) in [7, 11) is -4.54. The molecule has 0 saturated heterocycles. The molecule has 0 aromatic heterocycles. The van der Waals surface area contributed by atoms with E-state index in [0.29, 0.717) is 31.9 Å². The molecule has 2 N–H and O–H groups in total. The van der Waals surface area contributed by atoms with E-state index < -0.39 is 22.0 Å². The number of carbonyl (C=O) groups excluding carboxylic acids is 1. The maximum Gasteiger partial charge on any atom is 1.00 e. The Bertz CT molecular complexity index is 639. The minimum atomic E-state index is -4.54. The maximum atomic E-state index is 12.7. The molecule has 0 amide bonds. The van der Waals surface area contributed by atoms with E-state index in [1.807, 2.05) is 6.08 Å². The van der Waals surface area contributed by atoms with E-state index in [1.165, 1.54) is 0 Å². The number of aliphatic hydroxyl groups excluding tert-OH is 2. The van der Waals surface area contributed by atoms with E-state index in [4.69, 9.17) is 0 Å². The molecule has 10 heteroatoms. The monoisotopic (exact) mass is 441 g/mol. The molecule has 1 unspecified atom stereocenters. The molecule has 0 aromatic carbocycles. The standard InChI is InChI=1S/C19H34N2O6S.Na/c1-2-3-4-5-6-7-8-9-10-18(24)19-20(13-14-22)11-12-21(19)15-17(23)16-28(25,26)27;/h2,17,22-23H,1,3-16H2;/q;+1. The van der Waals surface area contributed by atoms with Crippen LogP contribution in [0.1, 0.15) is 51.4 Å². The van der Waals surface area contributed by atoms with Crippen molar-refractivity contribution in [3.8, 4) is 0 Å². The van der Waals surface area contributed by atoms with Crippen LogP contribution >= 0.6 is 0 Å². The number of hydrogen-bond donors (Lipinski definition) is 2. The molecule has 0 fully saturated rings. The van der Waals surface area contributed by atoms with Crippen molar-refractivity contribution in [1.29, 1.82) is 0 Å². The first-order valence-electron chi connectivity index (χ1n) is 10.0. The molecule has 0 aromatic rings. The van der Waals surface area contributed by atoms with Crippen molar-refractivity contribution >= 4 is 21.7 Å². The summed E-state index contributed by atoms with van der Waals surface area (Å²) in [5, 5.41) is 19.1. The Morgan fingerprint density at radius 1 is 1.24 bits per heavy atom. The fourth-order valence-corrected chi connectivity index (χ4v) is 4.03. The fourth-order valence-electron chi connectivity index (χ4n) is 3.46. The summed E-state index contributed by atoms with van der Waals surface area (Å²) in [6.45, 7) is 4.77. The van der Waals surface area contributed by atoms with Gasteiger partial charge in [0, 0.05) is 6.42 Å². The van der Waals surface area contributed by atoms with Gasteiger partial charge in [-0.2, -0.15) is 0 Å². The molecule has 1 aliphatic rings. The van der Waals surface area contributed by atoms with Crippen LogP contribution in [0.5, 0.6) is 0 Å². The number of ketones is 1. The number of aliphatic hydroxyl groups is 2. The van der Waals surface area contributed by atoms with E-state index in [2.05, 4.69) is 6.58 Å². The van der Waals surface area contributed by atoms with E-state index in [0.717, 1.165) is 44.9 Å². The molecule has 0 bridgehead atoms. The van der Waals surface area contributed by atoms with Gasteiger partial charge in [-0.3, -0.25) is 14.3 Å². The Balaban J connectivity index is 0.00000784. The third kappa shape index (κ3) is 12.2. The van der Waals surface area contributed by atoms with Gasteiger partial charge in [-0.05, 0) is 19.3 Å². The zero-order chi connectivity index (χ0) is 21.0. The molecule has 0 saturated carbocycles. The number of hydrogen-bond acceptors (Lipinski definition) is 7. The molecule has 0 radical (unpaired) electrons.